The van der Waals surface area contributed by atoms with Gasteiger partial charge in [-0.3, -0.25) is 4.99 Å². The SMILES string of the molecule is CCN=C(NS(=O)(=O)N(C)C)N1CC(CC)C=N1. The third-order valence-corrected chi connectivity index (χ3v) is 4.00. The second-order valence-electron chi connectivity index (χ2n) is 4.20. The number of hydrogen-bond acceptors (Lipinski definition) is 4. The molecule has 0 fully saturated rings. The number of hydrogen-bond donors (Lipinski definition) is 1. The zero-order chi connectivity index (χ0) is 13.8. The summed E-state index contributed by atoms with van der Waals surface area (Å²) in [7, 11) is -0.612. The largest absolute Gasteiger partial charge is 0.303 e. The molecule has 0 bridgehead atoms. The highest BCUT2D eigenvalue weighted by Gasteiger charge is 2.24. The molecule has 0 spiro atoms. The summed E-state index contributed by atoms with van der Waals surface area (Å²) in [6.07, 6.45) is 2.80. The molecule has 0 saturated heterocycles. The van der Waals surface area contributed by atoms with Crippen LogP contribution in [-0.2, 0) is 10.2 Å². The molecule has 1 aliphatic rings. The van der Waals surface area contributed by atoms with Crippen molar-refractivity contribution in [3.63, 3.8) is 0 Å². The number of guanidine groups is 1. The summed E-state index contributed by atoms with van der Waals surface area (Å²) in [5, 5.41) is 5.78. The van der Waals surface area contributed by atoms with Crippen molar-refractivity contribution in [3.8, 4) is 0 Å². The van der Waals surface area contributed by atoms with Gasteiger partial charge in [0.25, 0.3) is 0 Å². The van der Waals surface area contributed by atoms with Gasteiger partial charge in [0.2, 0.25) is 5.96 Å². The molecule has 0 amide bonds. The van der Waals surface area contributed by atoms with E-state index in [1.807, 2.05) is 13.1 Å². The van der Waals surface area contributed by atoms with E-state index in [4.69, 9.17) is 0 Å². The van der Waals surface area contributed by atoms with Crippen LogP contribution in [0.1, 0.15) is 20.3 Å². The maximum absolute atomic E-state index is 11.8. The molecule has 0 aliphatic carbocycles. The van der Waals surface area contributed by atoms with Crippen LogP contribution in [0.2, 0.25) is 0 Å². The molecule has 18 heavy (non-hydrogen) atoms. The second kappa shape index (κ2) is 6.14. The van der Waals surface area contributed by atoms with Crippen molar-refractivity contribution < 1.29 is 8.42 Å². The van der Waals surface area contributed by atoms with E-state index in [0.717, 1.165) is 10.7 Å². The monoisotopic (exact) mass is 275 g/mol. The Morgan fingerprint density at radius 1 is 1.56 bits per heavy atom. The maximum atomic E-state index is 11.8. The van der Waals surface area contributed by atoms with E-state index in [2.05, 4.69) is 21.7 Å². The molecule has 1 aliphatic heterocycles. The van der Waals surface area contributed by atoms with Gasteiger partial charge in [-0.2, -0.15) is 17.8 Å². The summed E-state index contributed by atoms with van der Waals surface area (Å²) in [6, 6.07) is 0. The van der Waals surface area contributed by atoms with Gasteiger partial charge in [-0.1, -0.05) is 6.92 Å². The molecular formula is C10H21N5O2S. The van der Waals surface area contributed by atoms with Gasteiger partial charge < -0.3 is 0 Å². The molecule has 1 atom stereocenters. The summed E-state index contributed by atoms with van der Waals surface area (Å²) in [5.41, 5.74) is 0. The van der Waals surface area contributed by atoms with Gasteiger partial charge >= 0.3 is 10.2 Å². The van der Waals surface area contributed by atoms with Gasteiger partial charge in [0, 0.05) is 32.8 Å². The predicted molar refractivity (Wildman–Crippen MR) is 72.7 cm³/mol. The summed E-state index contributed by atoms with van der Waals surface area (Å²) in [6.45, 7) is 5.07. The lowest BCUT2D eigenvalue weighted by Gasteiger charge is -2.21. The summed E-state index contributed by atoms with van der Waals surface area (Å²) in [4.78, 5) is 4.15. The predicted octanol–water partition coefficient (Wildman–Crippen LogP) is 0.0859. The van der Waals surface area contributed by atoms with Crippen LogP contribution >= 0.6 is 0 Å². The Morgan fingerprint density at radius 3 is 2.67 bits per heavy atom. The van der Waals surface area contributed by atoms with Crippen molar-refractivity contribution in [2.45, 2.75) is 20.3 Å². The van der Waals surface area contributed by atoms with Gasteiger partial charge in [0.05, 0.1) is 6.54 Å². The van der Waals surface area contributed by atoms with Crippen molar-refractivity contribution >= 4 is 22.4 Å². The standard InChI is InChI=1S/C10H21N5O2S/c1-5-9-7-12-15(8-9)10(11-6-2)13-18(16,17)14(3)4/h7,9H,5-6,8H2,1-4H3,(H,11,13). The zero-order valence-corrected chi connectivity index (χ0v) is 12.1. The lowest BCUT2D eigenvalue weighted by atomic mass is 10.1. The fraction of sp³-hybridized carbons (Fsp3) is 0.800. The molecule has 1 rings (SSSR count). The number of hydrazone groups is 1. The molecule has 0 aromatic heterocycles. The molecule has 8 heteroatoms. The van der Waals surface area contributed by atoms with Crippen LogP contribution in [0.15, 0.2) is 10.1 Å². The average molecular weight is 275 g/mol. The first-order valence-electron chi connectivity index (χ1n) is 5.97. The van der Waals surface area contributed by atoms with Crippen LogP contribution < -0.4 is 4.72 Å². The van der Waals surface area contributed by atoms with Crippen molar-refractivity contribution in [2.24, 2.45) is 16.0 Å². The maximum Gasteiger partial charge on any atom is 0.303 e. The molecule has 0 aromatic carbocycles. The van der Waals surface area contributed by atoms with Crippen LogP contribution in [0, 0.1) is 5.92 Å². The minimum Gasteiger partial charge on any atom is -0.251 e. The number of aliphatic imine (C=N–C) groups is 1. The molecule has 1 N–H and O–H groups in total. The summed E-state index contributed by atoms with van der Waals surface area (Å²) in [5.74, 6) is 0.620. The Kier molecular flexibility index (Phi) is 5.09. The fourth-order valence-corrected chi connectivity index (χ4v) is 1.97. The van der Waals surface area contributed by atoms with Crippen molar-refractivity contribution in [1.29, 1.82) is 0 Å². The van der Waals surface area contributed by atoms with E-state index < -0.39 is 10.2 Å². The highest BCUT2D eigenvalue weighted by atomic mass is 32.2. The van der Waals surface area contributed by atoms with Crippen LogP contribution in [0.5, 0.6) is 0 Å². The van der Waals surface area contributed by atoms with Gasteiger partial charge in [0.15, 0.2) is 0 Å². The van der Waals surface area contributed by atoms with E-state index in [1.165, 1.54) is 14.1 Å². The Balaban J connectivity index is 2.81. The minimum atomic E-state index is -3.54. The van der Waals surface area contributed by atoms with Gasteiger partial charge in [-0.25, -0.2) is 9.73 Å². The van der Waals surface area contributed by atoms with E-state index >= 15 is 0 Å². The van der Waals surface area contributed by atoms with E-state index in [-0.39, 0.29) is 5.96 Å². The molecule has 0 saturated carbocycles. The first-order valence-corrected chi connectivity index (χ1v) is 7.41. The second-order valence-corrected chi connectivity index (χ2v) is 6.09. The molecule has 0 aromatic rings. The summed E-state index contributed by atoms with van der Waals surface area (Å²) < 4.78 is 27.1. The number of nitrogens with zero attached hydrogens (tertiary/aromatic N) is 4. The first-order chi connectivity index (χ1) is 8.40. The smallest absolute Gasteiger partial charge is 0.251 e. The molecular weight excluding hydrogens is 254 g/mol. The Labute approximate surface area is 109 Å². The molecule has 0 radical (unpaired) electrons. The van der Waals surface area contributed by atoms with Gasteiger partial charge in [0.1, 0.15) is 0 Å². The quantitative estimate of drug-likeness (QED) is 0.583. The highest BCUT2D eigenvalue weighted by Crippen LogP contribution is 2.11. The number of rotatable bonds is 4. The molecule has 1 heterocycles. The molecule has 1 unspecified atom stereocenters. The van der Waals surface area contributed by atoms with Crippen LogP contribution in [0.3, 0.4) is 0 Å². The first kappa shape index (κ1) is 14.9. The Hall–Kier alpha value is -1.15. The minimum absolute atomic E-state index is 0.276. The lowest BCUT2D eigenvalue weighted by Crippen LogP contribution is -2.46. The third kappa shape index (κ3) is 3.67. The zero-order valence-electron chi connectivity index (χ0n) is 11.3. The number of nitrogens with one attached hydrogen (secondary N) is 1. The van der Waals surface area contributed by atoms with Crippen LogP contribution in [0.4, 0.5) is 0 Å². The average Bonchev–Trinajstić information content (AvgIpc) is 2.76. The topological polar surface area (TPSA) is 77.4 Å². The normalized spacial score (nSPS) is 20.8. The molecule has 7 nitrogen and oxygen atoms in total. The van der Waals surface area contributed by atoms with Gasteiger partial charge in [-0.05, 0) is 13.3 Å². The van der Waals surface area contributed by atoms with E-state index in [0.29, 0.717) is 19.0 Å². The lowest BCUT2D eigenvalue weighted by molar-refractivity contribution is 0.426. The third-order valence-electron chi connectivity index (χ3n) is 2.60. The van der Waals surface area contributed by atoms with Crippen LogP contribution in [0.25, 0.3) is 0 Å². The van der Waals surface area contributed by atoms with Crippen molar-refractivity contribution in [2.75, 3.05) is 27.2 Å². The fourth-order valence-electron chi connectivity index (χ4n) is 1.39. The van der Waals surface area contributed by atoms with Crippen molar-refractivity contribution in [1.82, 2.24) is 14.0 Å². The highest BCUT2D eigenvalue weighted by molar-refractivity contribution is 7.87. The Bertz CT molecular complexity index is 430. The van der Waals surface area contributed by atoms with Crippen molar-refractivity contribution in [3.05, 3.63) is 0 Å². The summed E-state index contributed by atoms with van der Waals surface area (Å²) >= 11 is 0. The van der Waals surface area contributed by atoms with E-state index in [1.54, 1.807) is 5.01 Å². The Morgan fingerprint density at radius 2 is 2.22 bits per heavy atom. The van der Waals surface area contributed by atoms with Crippen LogP contribution in [-0.4, -0.2) is 57.1 Å². The molecule has 104 valence electrons. The van der Waals surface area contributed by atoms with Gasteiger partial charge in [-0.15, -0.1) is 0 Å². The van der Waals surface area contributed by atoms with E-state index in [9.17, 15) is 8.42 Å².